The zero-order valence-corrected chi connectivity index (χ0v) is 16.8. The Labute approximate surface area is 160 Å². The van der Waals surface area contributed by atoms with Crippen LogP contribution in [0, 0.1) is 19.8 Å². The zero-order valence-electron chi connectivity index (χ0n) is 15.0. The lowest BCUT2D eigenvalue weighted by Gasteiger charge is -2.14. The molecule has 1 fully saturated rings. The highest BCUT2D eigenvalue weighted by atomic mass is 32.1. The van der Waals surface area contributed by atoms with Crippen molar-refractivity contribution < 1.29 is 4.79 Å². The van der Waals surface area contributed by atoms with Gasteiger partial charge in [0.25, 0.3) is 0 Å². The third-order valence-corrected chi connectivity index (χ3v) is 5.39. The Hall–Kier alpha value is -1.44. The fourth-order valence-corrected chi connectivity index (χ4v) is 4.03. The summed E-state index contributed by atoms with van der Waals surface area (Å²) in [7, 11) is 0. The zero-order chi connectivity index (χ0) is 17.1. The lowest BCUT2D eigenvalue weighted by atomic mass is 10.0. The molecule has 2 aromatic heterocycles. The molecule has 3 heterocycles. The van der Waals surface area contributed by atoms with Crippen molar-refractivity contribution >= 4 is 35.9 Å². The van der Waals surface area contributed by atoms with Gasteiger partial charge in [0.1, 0.15) is 0 Å². The van der Waals surface area contributed by atoms with Gasteiger partial charge in [-0.05, 0) is 50.8 Å². The summed E-state index contributed by atoms with van der Waals surface area (Å²) in [6.07, 6.45) is 4.14. The van der Waals surface area contributed by atoms with Crippen LogP contribution in [0.1, 0.15) is 35.2 Å². The van der Waals surface area contributed by atoms with Gasteiger partial charge in [-0.25, -0.2) is 4.98 Å². The molecule has 0 aliphatic carbocycles. The van der Waals surface area contributed by atoms with E-state index in [0.29, 0.717) is 11.0 Å². The molecule has 0 bridgehead atoms. The lowest BCUT2D eigenvalue weighted by molar-refractivity contribution is -0.114. The molecule has 0 saturated carbocycles. The van der Waals surface area contributed by atoms with Crippen LogP contribution in [0.25, 0.3) is 0 Å². The van der Waals surface area contributed by atoms with Crippen LogP contribution in [0.4, 0.5) is 5.13 Å². The van der Waals surface area contributed by atoms with Crippen molar-refractivity contribution in [2.24, 2.45) is 5.92 Å². The summed E-state index contributed by atoms with van der Waals surface area (Å²) >= 11 is 1.56. The third kappa shape index (κ3) is 5.52. The average Bonchev–Trinajstić information content (AvgIpc) is 3.13. The first-order valence-electron chi connectivity index (χ1n) is 8.37. The van der Waals surface area contributed by atoms with E-state index in [0.717, 1.165) is 31.7 Å². The number of aryl methyl sites for hydroxylation is 2. The van der Waals surface area contributed by atoms with E-state index in [1.807, 2.05) is 6.20 Å². The second-order valence-corrected chi connectivity index (χ2v) is 7.73. The molecule has 0 spiro atoms. The summed E-state index contributed by atoms with van der Waals surface area (Å²) in [6.45, 7) is 8.82. The van der Waals surface area contributed by atoms with E-state index in [1.54, 1.807) is 11.3 Å². The van der Waals surface area contributed by atoms with Gasteiger partial charge in [0.15, 0.2) is 5.13 Å². The number of carbonyl (C=O) groups excluding carboxylic acids is 1. The van der Waals surface area contributed by atoms with Crippen LogP contribution < -0.4 is 5.32 Å². The Bertz CT molecular complexity index is 732. The topological polar surface area (TPSA) is 58.1 Å². The normalized spacial score (nSPS) is 17.3. The number of aromatic nitrogens is 2. The Morgan fingerprint density at radius 2 is 2.20 bits per heavy atom. The molecule has 5 nitrogen and oxygen atoms in total. The van der Waals surface area contributed by atoms with E-state index in [4.69, 9.17) is 4.98 Å². The van der Waals surface area contributed by atoms with Crippen molar-refractivity contribution in [3.8, 4) is 0 Å². The van der Waals surface area contributed by atoms with Gasteiger partial charge in [-0.3, -0.25) is 14.7 Å². The van der Waals surface area contributed by atoms with Crippen LogP contribution in [-0.2, 0) is 17.8 Å². The number of amides is 1. The van der Waals surface area contributed by atoms with Crippen LogP contribution in [0.5, 0.6) is 0 Å². The van der Waals surface area contributed by atoms with Crippen molar-refractivity contribution in [2.75, 3.05) is 18.4 Å². The van der Waals surface area contributed by atoms with Crippen molar-refractivity contribution in [3.05, 3.63) is 40.2 Å². The molecule has 2 aromatic rings. The van der Waals surface area contributed by atoms with Crippen molar-refractivity contribution in [3.63, 3.8) is 0 Å². The van der Waals surface area contributed by atoms with E-state index in [-0.39, 0.29) is 19.4 Å². The molecule has 136 valence electrons. The van der Waals surface area contributed by atoms with Crippen LogP contribution in [-0.4, -0.2) is 33.9 Å². The van der Waals surface area contributed by atoms with E-state index in [2.05, 4.69) is 41.2 Å². The Balaban J connectivity index is 0.00000225. The van der Waals surface area contributed by atoms with Gasteiger partial charge in [-0.1, -0.05) is 6.07 Å². The number of hydrogen-bond donors (Lipinski definition) is 1. The van der Waals surface area contributed by atoms with Gasteiger partial charge in [0.2, 0.25) is 5.91 Å². The minimum atomic E-state index is -0.0713. The first-order valence-corrected chi connectivity index (χ1v) is 9.19. The van der Waals surface area contributed by atoms with Gasteiger partial charge in [0.05, 0.1) is 0 Å². The maximum atomic E-state index is 11.1. The van der Waals surface area contributed by atoms with Crippen LogP contribution >= 0.6 is 24.8 Å². The number of rotatable bonds is 5. The summed E-state index contributed by atoms with van der Waals surface area (Å²) in [4.78, 5) is 23.7. The largest absolute Gasteiger partial charge is 0.302 e. The third-order valence-electron chi connectivity index (χ3n) is 4.49. The quantitative estimate of drug-likeness (QED) is 0.867. The fraction of sp³-hybridized carbons (Fsp3) is 0.500. The maximum absolute atomic E-state index is 11.1. The smallest absolute Gasteiger partial charge is 0.223 e. The SMILES string of the molecule is CC(=O)Nc1ncc(CN2CCC(Cc3ccc(C)c(C)n3)C2)s1.S. The van der Waals surface area contributed by atoms with E-state index < -0.39 is 0 Å². The van der Waals surface area contributed by atoms with Gasteiger partial charge < -0.3 is 5.32 Å². The van der Waals surface area contributed by atoms with Crippen LogP contribution in [0.15, 0.2) is 18.3 Å². The Kier molecular flexibility index (Phi) is 6.98. The number of anilines is 1. The molecular formula is C18H26N4OS2. The van der Waals surface area contributed by atoms with Crippen molar-refractivity contribution in [1.82, 2.24) is 14.9 Å². The molecule has 1 aliphatic rings. The number of pyridine rings is 1. The van der Waals surface area contributed by atoms with Gasteiger partial charge in [0, 0.05) is 42.5 Å². The molecule has 1 aliphatic heterocycles. The number of nitrogens with zero attached hydrogens (tertiary/aromatic N) is 3. The Morgan fingerprint density at radius 3 is 2.92 bits per heavy atom. The van der Waals surface area contributed by atoms with E-state index in [9.17, 15) is 4.79 Å². The number of likely N-dealkylation sites (tertiary alicyclic amines) is 1. The Morgan fingerprint density at radius 1 is 1.40 bits per heavy atom. The summed E-state index contributed by atoms with van der Waals surface area (Å²) in [6, 6.07) is 4.33. The summed E-state index contributed by atoms with van der Waals surface area (Å²) in [5.74, 6) is 0.598. The molecule has 3 rings (SSSR count). The highest BCUT2D eigenvalue weighted by molar-refractivity contribution is 7.59. The first kappa shape index (κ1) is 19.9. The fourth-order valence-electron chi connectivity index (χ4n) is 3.12. The van der Waals surface area contributed by atoms with E-state index >= 15 is 0 Å². The van der Waals surface area contributed by atoms with Crippen molar-refractivity contribution in [2.45, 2.75) is 40.2 Å². The number of carbonyl (C=O) groups is 1. The molecule has 1 N–H and O–H groups in total. The standard InChI is InChI=1S/C18H24N4OS.H2S/c1-12-4-5-16(20-13(12)2)8-15-6-7-22(10-15)11-17-9-19-18(24-17)21-14(3)23;/h4-5,9,15H,6-8,10-11H2,1-3H3,(H,19,21,23);1H2. The molecule has 0 radical (unpaired) electrons. The average molecular weight is 379 g/mol. The molecule has 7 heteroatoms. The molecule has 1 unspecified atom stereocenters. The second kappa shape index (κ2) is 8.78. The molecule has 25 heavy (non-hydrogen) atoms. The monoisotopic (exact) mass is 378 g/mol. The maximum Gasteiger partial charge on any atom is 0.223 e. The number of nitrogens with one attached hydrogen (secondary N) is 1. The second-order valence-electron chi connectivity index (χ2n) is 6.61. The number of thiazole rings is 1. The molecule has 1 atom stereocenters. The predicted molar refractivity (Wildman–Crippen MR) is 108 cm³/mol. The van der Waals surface area contributed by atoms with Crippen LogP contribution in [0.3, 0.4) is 0 Å². The molecule has 1 amide bonds. The van der Waals surface area contributed by atoms with Gasteiger partial charge in [-0.15, -0.1) is 11.3 Å². The summed E-state index contributed by atoms with van der Waals surface area (Å²) < 4.78 is 0. The summed E-state index contributed by atoms with van der Waals surface area (Å²) in [5, 5.41) is 3.43. The van der Waals surface area contributed by atoms with Gasteiger partial charge in [-0.2, -0.15) is 13.5 Å². The van der Waals surface area contributed by atoms with E-state index in [1.165, 1.54) is 29.5 Å². The lowest BCUT2D eigenvalue weighted by Crippen LogP contribution is -2.20. The highest BCUT2D eigenvalue weighted by Crippen LogP contribution is 2.25. The first-order chi connectivity index (χ1) is 11.5. The number of hydrogen-bond acceptors (Lipinski definition) is 5. The highest BCUT2D eigenvalue weighted by Gasteiger charge is 2.23. The molecule has 1 saturated heterocycles. The predicted octanol–water partition coefficient (Wildman–Crippen LogP) is 3.29. The molecule has 0 aromatic carbocycles. The minimum Gasteiger partial charge on any atom is -0.302 e. The van der Waals surface area contributed by atoms with Gasteiger partial charge >= 0.3 is 0 Å². The summed E-state index contributed by atoms with van der Waals surface area (Å²) in [5.41, 5.74) is 3.60. The molecular weight excluding hydrogens is 352 g/mol. The van der Waals surface area contributed by atoms with Crippen LogP contribution in [0.2, 0.25) is 0 Å². The van der Waals surface area contributed by atoms with Crippen molar-refractivity contribution in [1.29, 1.82) is 0 Å². The minimum absolute atomic E-state index is 0.